The van der Waals surface area contributed by atoms with Crippen molar-refractivity contribution in [1.82, 2.24) is 0 Å². The standard InChI is InChI=1S/C16H20N2O4/c1-19-13-5-11(6-14(9-13)20-2)17-18-12-7-15(21-3)10-16(8-12)22-4/h5-10,17-18H,1-4H3. The number of methoxy groups -OCH3 is 4. The molecule has 0 bridgehead atoms. The molecule has 0 heterocycles. The van der Waals surface area contributed by atoms with Gasteiger partial charge in [0.1, 0.15) is 23.0 Å². The molecular weight excluding hydrogens is 284 g/mol. The van der Waals surface area contributed by atoms with Gasteiger partial charge in [0.2, 0.25) is 0 Å². The molecule has 0 fully saturated rings. The molecular formula is C16H20N2O4. The number of hydrogen-bond acceptors (Lipinski definition) is 6. The number of rotatable bonds is 7. The molecule has 6 heteroatoms. The summed E-state index contributed by atoms with van der Waals surface area (Å²) >= 11 is 0. The number of benzene rings is 2. The molecule has 0 aromatic heterocycles. The van der Waals surface area contributed by atoms with Gasteiger partial charge in [0.05, 0.1) is 39.8 Å². The lowest BCUT2D eigenvalue weighted by atomic mass is 10.2. The topological polar surface area (TPSA) is 61.0 Å². The molecule has 0 saturated carbocycles. The van der Waals surface area contributed by atoms with Crippen LogP contribution in [0.3, 0.4) is 0 Å². The second-order valence-corrected chi connectivity index (χ2v) is 4.45. The van der Waals surface area contributed by atoms with Gasteiger partial charge in [-0.1, -0.05) is 0 Å². The van der Waals surface area contributed by atoms with Crippen LogP contribution in [0.4, 0.5) is 11.4 Å². The van der Waals surface area contributed by atoms with E-state index in [1.165, 1.54) is 0 Å². The van der Waals surface area contributed by atoms with Crippen molar-refractivity contribution in [3.05, 3.63) is 36.4 Å². The third-order valence-electron chi connectivity index (χ3n) is 3.05. The highest BCUT2D eigenvalue weighted by Gasteiger charge is 2.04. The lowest BCUT2D eigenvalue weighted by Gasteiger charge is -2.14. The van der Waals surface area contributed by atoms with E-state index in [2.05, 4.69) is 10.9 Å². The van der Waals surface area contributed by atoms with Crippen LogP contribution in [0, 0.1) is 0 Å². The van der Waals surface area contributed by atoms with Crippen molar-refractivity contribution < 1.29 is 18.9 Å². The van der Waals surface area contributed by atoms with Gasteiger partial charge in [-0.2, -0.15) is 0 Å². The Balaban J connectivity index is 2.15. The Bertz CT molecular complexity index is 532. The third-order valence-corrected chi connectivity index (χ3v) is 3.05. The number of hydrazine groups is 1. The first-order chi connectivity index (χ1) is 10.7. The molecule has 22 heavy (non-hydrogen) atoms. The summed E-state index contributed by atoms with van der Waals surface area (Å²) in [5.74, 6) is 2.80. The minimum atomic E-state index is 0.701. The second-order valence-electron chi connectivity index (χ2n) is 4.45. The molecule has 2 rings (SSSR count). The summed E-state index contributed by atoms with van der Waals surface area (Å²) in [6.45, 7) is 0. The van der Waals surface area contributed by atoms with Crippen LogP contribution in [0.15, 0.2) is 36.4 Å². The summed E-state index contributed by atoms with van der Waals surface area (Å²) in [4.78, 5) is 0. The van der Waals surface area contributed by atoms with E-state index >= 15 is 0 Å². The molecule has 0 spiro atoms. The number of anilines is 2. The monoisotopic (exact) mass is 304 g/mol. The highest BCUT2D eigenvalue weighted by molar-refractivity contribution is 5.60. The molecule has 0 amide bonds. The van der Waals surface area contributed by atoms with Gasteiger partial charge in [-0.3, -0.25) is 0 Å². The zero-order valence-electron chi connectivity index (χ0n) is 13.1. The lowest BCUT2D eigenvalue weighted by Crippen LogP contribution is -2.09. The minimum Gasteiger partial charge on any atom is -0.497 e. The Morgan fingerprint density at radius 2 is 0.773 bits per heavy atom. The fourth-order valence-corrected chi connectivity index (χ4v) is 1.90. The maximum Gasteiger partial charge on any atom is 0.124 e. The molecule has 0 atom stereocenters. The van der Waals surface area contributed by atoms with Crippen molar-refractivity contribution in [2.45, 2.75) is 0 Å². The average Bonchev–Trinajstić information content (AvgIpc) is 2.59. The molecule has 0 saturated heterocycles. The third kappa shape index (κ3) is 3.88. The van der Waals surface area contributed by atoms with E-state index in [1.54, 1.807) is 40.6 Å². The Morgan fingerprint density at radius 3 is 1.00 bits per heavy atom. The van der Waals surface area contributed by atoms with Gasteiger partial charge in [-0.05, 0) is 0 Å². The van der Waals surface area contributed by atoms with Crippen molar-refractivity contribution in [1.29, 1.82) is 0 Å². The summed E-state index contributed by atoms with van der Waals surface area (Å²) in [5, 5.41) is 0. The van der Waals surface area contributed by atoms with E-state index in [0.29, 0.717) is 23.0 Å². The van der Waals surface area contributed by atoms with Crippen molar-refractivity contribution in [2.75, 3.05) is 39.3 Å². The normalized spacial score (nSPS) is 9.82. The summed E-state index contributed by atoms with van der Waals surface area (Å²) in [6, 6.07) is 11.0. The van der Waals surface area contributed by atoms with Crippen LogP contribution in [0.1, 0.15) is 0 Å². The fraction of sp³-hybridized carbons (Fsp3) is 0.250. The maximum atomic E-state index is 5.23. The second kappa shape index (κ2) is 7.31. The fourth-order valence-electron chi connectivity index (χ4n) is 1.90. The van der Waals surface area contributed by atoms with Gasteiger partial charge in [0.25, 0.3) is 0 Å². The average molecular weight is 304 g/mol. The molecule has 0 aliphatic heterocycles. The highest BCUT2D eigenvalue weighted by Crippen LogP contribution is 2.28. The molecule has 0 radical (unpaired) electrons. The molecule has 2 aromatic carbocycles. The zero-order chi connectivity index (χ0) is 15.9. The van der Waals surface area contributed by atoms with Crippen LogP contribution < -0.4 is 29.8 Å². The van der Waals surface area contributed by atoms with Crippen molar-refractivity contribution in [3.63, 3.8) is 0 Å². The molecule has 0 aliphatic carbocycles. The van der Waals surface area contributed by atoms with E-state index < -0.39 is 0 Å². The van der Waals surface area contributed by atoms with Gasteiger partial charge < -0.3 is 29.8 Å². The summed E-state index contributed by atoms with van der Waals surface area (Å²) in [5.41, 5.74) is 7.79. The van der Waals surface area contributed by atoms with Crippen molar-refractivity contribution in [3.8, 4) is 23.0 Å². The van der Waals surface area contributed by atoms with Gasteiger partial charge in [-0.15, -0.1) is 0 Å². The lowest BCUT2D eigenvalue weighted by molar-refractivity contribution is 0.394. The Hall–Kier alpha value is -2.76. The summed E-state index contributed by atoms with van der Waals surface area (Å²) < 4.78 is 20.9. The maximum absolute atomic E-state index is 5.23. The SMILES string of the molecule is COc1cc(NNc2cc(OC)cc(OC)c2)cc(OC)c1. The van der Waals surface area contributed by atoms with Crippen LogP contribution in [-0.2, 0) is 0 Å². The Kier molecular flexibility index (Phi) is 5.19. The molecule has 2 N–H and O–H groups in total. The van der Waals surface area contributed by atoms with E-state index in [9.17, 15) is 0 Å². The minimum absolute atomic E-state index is 0.701. The van der Waals surface area contributed by atoms with Gasteiger partial charge in [0.15, 0.2) is 0 Å². The smallest absolute Gasteiger partial charge is 0.124 e. The first-order valence-electron chi connectivity index (χ1n) is 6.66. The summed E-state index contributed by atoms with van der Waals surface area (Å²) in [6.07, 6.45) is 0. The first-order valence-corrected chi connectivity index (χ1v) is 6.66. The highest BCUT2D eigenvalue weighted by atomic mass is 16.5. The Labute approximate surface area is 129 Å². The van der Waals surface area contributed by atoms with E-state index in [1.807, 2.05) is 24.3 Å². The predicted octanol–water partition coefficient (Wildman–Crippen LogP) is 3.16. The van der Waals surface area contributed by atoms with Crippen molar-refractivity contribution in [2.24, 2.45) is 0 Å². The van der Waals surface area contributed by atoms with Gasteiger partial charge in [0, 0.05) is 36.4 Å². The van der Waals surface area contributed by atoms with Crippen LogP contribution in [0.25, 0.3) is 0 Å². The molecule has 2 aromatic rings. The van der Waals surface area contributed by atoms with E-state index in [-0.39, 0.29) is 0 Å². The number of ether oxygens (including phenoxy) is 4. The largest absolute Gasteiger partial charge is 0.497 e. The quantitative estimate of drug-likeness (QED) is 0.766. The number of hydrogen-bond donors (Lipinski definition) is 2. The van der Waals surface area contributed by atoms with Crippen LogP contribution >= 0.6 is 0 Å². The van der Waals surface area contributed by atoms with Crippen LogP contribution in [0.2, 0.25) is 0 Å². The summed E-state index contributed by atoms with van der Waals surface area (Å²) in [7, 11) is 6.44. The molecule has 118 valence electrons. The molecule has 0 unspecified atom stereocenters. The van der Waals surface area contributed by atoms with E-state index in [0.717, 1.165) is 11.4 Å². The predicted molar refractivity (Wildman–Crippen MR) is 86.3 cm³/mol. The van der Waals surface area contributed by atoms with Crippen molar-refractivity contribution >= 4 is 11.4 Å². The van der Waals surface area contributed by atoms with Gasteiger partial charge >= 0.3 is 0 Å². The molecule has 0 aliphatic rings. The zero-order valence-corrected chi connectivity index (χ0v) is 13.1. The first kappa shape index (κ1) is 15.6. The number of nitrogens with one attached hydrogen (secondary N) is 2. The molecule has 6 nitrogen and oxygen atoms in total. The van der Waals surface area contributed by atoms with Gasteiger partial charge in [-0.25, -0.2) is 0 Å². The Morgan fingerprint density at radius 1 is 0.500 bits per heavy atom. The van der Waals surface area contributed by atoms with Crippen LogP contribution in [0.5, 0.6) is 23.0 Å². The van der Waals surface area contributed by atoms with Crippen LogP contribution in [-0.4, -0.2) is 28.4 Å². The van der Waals surface area contributed by atoms with E-state index in [4.69, 9.17) is 18.9 Å².